The Bertz CT molecular complexity index is 1090. The number of fused-ring (bicyclic) bond motifs is 1. The minimum atomic E-state index is -0.354. The Morgan fingerprint density at radius 1 is 1.15 bits per heavy atom. The van der Waals surface area contributed by atoms with Crippen molar-refractivity contribution in [2.45, 2.75) is 57.7 Å². The number of imide groups is 1. The van der Waals surface area contributed by atoms with Crippen LogP contribution in [0.3, 0.4) is 0 Å². The summed E-state index contributed by atoms with van der Waals surface area (Å²) < 4.78 is 5.80. The lowest BCUT2D eigenvalue weighted by molar-refractivity contribution is -0.125. The third-order valence-electron chi connectivity index (χ3n) is 7.21. The first-order valence-corrected chi connectivity index (χ1v) is 13.0. The Hall–Kier alpha value is -2.71. The minimum absolute atomic E-state index is 0.0371. The molecule has 4 heterocycles. The number of thiophene rings is 1. The second-order valence-corrected chi connectivity index (χ2v) is 10.8. The monoisotopic (exact) mass is 481 g/mol. The van der Waals surface area contributed by atoms with E-state index in [9.17, 15) is 14.4 Å². The van der Waals surface area contributed by atoms with E-state index in [0.717, 1.165) is 24.1 Å². The molecular weight excluding hydrogens is 450 g/mol. The Kier molecular flexibility index (Phi) is 6.20. The van der Waals surface area contributed by atoms with Crippen LogP contribution < -0.4 is 10.2 Å². The van der Waals surface area contributed by atoms with Crippen molar-refractivity contribution in [3.8, 4) is 0 Å². The molecule has 5 rings (SSSR count). The van der Waals surface area contributed by atoms with Gasteiger partial charge in [0.25, 0.3) is 11.8 Å². The van der Waals surface area contributed by atoms with Crippen molar-refractivity contribution in [3.05, 3.63) is 51.7 Å². The second kappa shape index (κ2) is 9.15. The van der Waals surface area contributed by atoms with Gasteiger partial charge in [-0.15, -0.1) is 0 Å². The molecule has 180 valence electrons. The predicted octanol–water partition coefficient (Wildman–Crippen LogP) is 3.83. The highest BCUT2D eigenvalue weighted by molar-refractivity contribution is 7.07. The van der Waals surface area contributed by atoms with Gasteiger partial charge in [0.05, 0.1) is 22.4 Å². The van der Waals surface area contributed by atoms with Crippen LogP contribution in [-0.4, -0.2) is 54.0 Å². The average Bonchev–Trinajstić information content (AvgIpc) is 3.43. The van der Waals surface area contributed by atoms with Gasteiger partial charge in [-0.3, -0.25) is 19.3 Å². The molecular formula is C26H31N3O4S. The summed E-state index contributed by atoms with van der Waals surface area (Å²) in [6.07, 6.45) is 2.74. The van der Waals surface area contributed by atoms with Crippen LogP contribution in [0.2, 0.25) is 0 Å². The number of benzene rings is 1. The van der Waals surface area contributed by atoms with Gasteiger partial charge < -0.3 is 15.0 Å². The van der Waals surface area contributed by atoms with Crippen molar-refractivity contribution in [2.24, 2.45) is 5.92 Å². The molecule has 34 heavy (non-hydrogen) atoms. The number of hydrogen-bond donors (Lipinski definition) is 1. The number of ether oxygens (including phenoxy) is 1. The molecule has 0 radical (unpaired) electrons. The lowest BCUT2D eigenvalue weighted by atomic mass is 9.93. The van der Waals surface area contributed by atoms with Crippen molar-refractivity contribution < 1.29 is 19.1 Å². The van der Waals surface area contributed by atoms with E-state index >= 15 is 0 Å². The number of amides is 3. The Morgan fingerprint density at radius 2 is 1.94 bits per heavy atom. The van der Waals surface area contributed by atoms with Gasteiger partial charge in [0.15, 0.2) is 0 Å². The zero-order chi connectivity index (χ0) is 23.9. The Balaban J connectivity index is 1.27. The first kappa shape index (κ1) is 23.1. The van der Waals surface area contributed by atoms with Crippen LogP contribution in [0.25, 0.3) is 0 Å². The summed E-state index contributed by atoms with van der Waals surface area (Å²) in [6.45, 7) is 6.47. The summed E-state index contributed by atoms with van der Waals surface area (Å²) in [5.41, 5.74) is 2.57. The second-order valence-electron chi connectivity index (χ2n) is 10.0. The fourth-order valence-corrected chi connectivity index (χ4v) is 6.08. The van der Waals surface area contributed by atoms with E-state index in [1.807, 2.05) is 42.8 Å². The number of nitrogens with one attached hydrogen (secondary N) is 1. The number of hydrogen-bond acceptors (Lipinski definition) is 6. The van der Waals surface area contributed by atoms with E-state index in [2.05, 4.69) is 10.2 Å². The zero-order valence-electron chi connectivity index (χ0n) is 19.7. The molecule has 7 nitrogen and oxygen atoms in total. The molecule has 3 aliphatic heterocycles. The van der Waals surface area contributed by atoms with Gasteiger partial charge in [-0.1, -0.05) is 6.07 Å². The summed E-state index contributed by atoms with van der Waals surface area (Å²) in [5, 5.41) is 7.10. The van der Waals surface area contributed by atoms with Crippen molar-refractivity contribution in [1.82, 2.24) is 10.2 Å². The maximum Gasteiger partial charge on any atom is 0.263 e. The van der Waals surface area contributed by atoms with Crippen LogP contribution in [-0.2, 0) is 16.1 Å². The van der Waals surface area contributed by atoms with Crippen LogP contribution in [0.4, 0.5) is 5.69 Å². The highest BCUT2D eigenvalue weighted by Gasteiger charge is 2.45. The fraction of sp³-hybridized carbons (Fsp3) is 0.500. The molecule has 1 aromatic heterocycles. The molecule has 0 spiro atoms. The maximum atomic E-state index is 13.5. The van der Waals surface area contributed by atoms with Crippen LogP contribution in [0, 0.1) is 5.92 Å². The summed E-state index contributed by atoms with van der Waals surface area (Å²) >= 11 is 1.62. The normalized spacial score (nSPS) is 22.7. The van der Waals surface area contributed by atoms with Crippen LogP contribution in [0.5, 0.6) is 0 Å². The standard InChI is InChI=1S/C26H31N3O4S/c1-26(2)14-19(8-12-33-26)29-24(31)20-4-3-5-21(22(20)25(29)32)28-10-6-18(7-11-28)23(30)27-15-17-9-13-34-16-17/h3-5,9,13,16,18-19H,6-8,10-12,14-15H2,1-2H3,(H,27,30)/t19-/m1/s1. The van der Waals surface area contributed by atoms with Crippen molar-refractivity contribution in [3.63, 3.8) is 0 Å². The first-order valence-electron chi connectivity index (χ1n) is 12.0. The highest BCUT2D eigenvalue weighted by atomic mass is 32.1. The van der Waals surface area contributed by atoms with Crippen LogP contribution >= 0.6 is 11.3 Å². The molecule has 2 fully saturated rings. The number of anilines is 1. The molecule has 0 aliphatic carbocycles. The molecule has 2 aromatic rings. The molecule has 3 amide bonds. The van der Waals surface area contributed by atoms with E-state index in [-0.39, 0.29) is 35.3 Å². The third-order valence-corrected chi connectivity index (χ3v) is 7.95. The third kappa shape index (κ3) is 4.36. The molecule has 1 N–H and O–H groups in total. The summed E-state index contributed by atoms with van der Waals surface area (Å²) in [5.74, 6) is -0.352. The lowest BCUT2D eigenvalue weighted by Crippen LogP contribution is -2.48. The molecule has 2 saturated heterocycles. The largest absolute Gasteiger partial charge is 0.375 e. The summed E-state index contributed by atoms with van der Waals surface area (Å²) in [7, 11) is 0. The predicted molar refractivity (Wildman–Crippen MR) is 131 cm³/mol. The highest BCUT2D eigenvalue weighted by Crippen LogP contribution is 2.38. The zero-order valence-corrected chi connectivity index (χ0v) is 20.5. The van der Waals surface area contributed by atoms with Crippen molar-refractivity contribution in [2.75, 3.05) is 24.6 Å². The van der Waals surface area contributed by atoms with Crippen molar-refractivity contribution >= 4 is 34.7 Å². The summed E-state index contributed by atoms with van der Waals surface area (Å²) in [6, 6.07) is 7.41. The first-order chi connectivity index (χ1) is 16.3. The summed E-state index contributed by atoms with van der Waals surface area (Å²) in [4.78, 5) is 43.0. The van der Waals surface area contributed by atoms with E-state index in [1.165, 1.54) is 4.90 Å². The molecule has 1 aromatic carbocycles. The van der Waals surface area contributed by atoms with E-state index in [4.69, 9.17) is 4.74 Å². The van der Waals surface area contributed by atoms with E-state index < -0.39 is 0 Å². The Labute approximate surface area is 204 Å². The van der Waals surface area contributed by atoms with Gasteiger partial charge in [-0.2, -0.15) is 11.3 Å². The SMILES string of the molecule is CC1(C)C[C@H](N2C(=O)c3cccc(N4CCC(C(=O)NCc5ccsc5)CC4)c3C2=O)CCO1. The van der Waals surface area contributed by atoms with Gasteiger partial charge >= 0.3 is 0 Å². The number of carbonyl (C=O) groups excluding carboxylic acids is 3. The van der Waals surface area contributed by atoms with E-state index in [1.54, 1.807) is 17.4 Å². The topological polar surface area (TPSA) is 79.0 Å². The lowest BCUT2D eigenvalue weighted by Gasteiger charge is -2.39. The van der Waals surface area contributed by atoms with E-state index in [0.29, 0.717) is 50.2 Å². The molecule has 0 unspecified atom stereocenters. The molecule has 8 heteroatoms. The maximum absolute atomic E-state index is 13.5. The van der Waals surface area contributed by atoms with Crippen molar-refractivity contribution in [1.29, 1.82) is 0 Å². The average molecular weight is 482 g/mol. The van der Waals surface area contributed by atoms with Gasteiger partial charge in [-0.25, -0.2) is 0 Å². The van der Waals surface area contributed by atoms with Crippen LogP contribution in [0.1, 0.15) is 65.8 Å². The van der Waals surface area contributed by atoms with Gasteiger partial charge in [0.1, 0.15) is 0 Å². The van der Waals surface area contributed by atoms with Gasteiger partial charge in [-0.05, 0) is 74.1 Å². The quantitative estimate of drug-likeness (QED) is 0.657. The van der Waals surface area contributed by atoms with Gasteiger partial charge in [0, 0.05) is 38.2 Å². The Morgan fingerprint density at radius 3 is 2.65 bits per heavy atom. The number of nitrogens with zero attached hydrogens (tertiary/aromatic N) is 2. The number of carbonyl (C=O) groups is 3. The smallest absolute Gasteiger partial charge is 0.263 e. The molecule has 0 bridgehead atoms. The molecule has 0 saturated carbocycles. The molecule has 3 aliphatic rings. The van der Waals surface area contributed by atoms with Gasteiger partial charge in [0.2, 0.25) is 5.91 Å². The minimum Gasteiger partial charge on any atom is -0.375 e. The number of piperidine rings is 1. The number of rotatable bonds is 5. The fourth-order valence-electron chi connectivity index (χ4n) is 5.41. The van der Waals surface area contributed by atoms with Crippen LogP contribution in [0.15, 0.2) is 35.0 Å². The molecule has 1 atom stereocenters.